The van der Waals surface area contributed by atoms with Crippen molar-refractivity contribution < 1.29 is 77.3 Å². The molecule has 1 fully saturated rings. The molecule has 0 aromatic heterocycles. The van der Waals surface area contributed by atoms with E-state index in [1.54, 1.807) is 24.4 Å². The number of para-hydroxylation sites is 2. The molecular weight excluding hydrogens is 879 g/mol. The van der Waals surface area contributed by atoms with Gasteiger partial charge < -0.3 is 87.9 Å². The van der Waals surface area contributed by atoms with Crippen molar-refractivity contribution in [1.82, 2.24) is 20.9 Å². The minimum absolute atomic E-state index is 0.00813. The van der Waals surface area contributed by atoms with Gasteiger partial charge in [0.05, 0.1) is 158 Å². The highest BCUT2D eigenvalue weighted by molar-refractivity contribution is 5.84. The number of hydrogen-bond donors (Lipinski definition) is 7. The van der Waals surface area contributed by atoms with E-state index >= 15 is 0 Å². The monoisotopic (exact) mass is 958 g/mol. The van der Waals surface area contributed by atoms with Gasteiger partial charge >= 0.3 is 0 Å². The van der Waals surface area contributed by atoms with Crippen LogP contribution in [0.2, 0.25) is 0 Å². The highest BCUT2D eigenvalue weighted by atomic mass is 16.6. The van der Waals surface area contributed by atoms with Gasteiger partial charge in [0, 0.05) is 63.2 Å². The molecule has 0 aliphatic carbocycles. The molecule has 1 atom stereocenters. The first-order chi connectivity index (χ1) is 33.2. The van der Waals surface area contributed by atoms with Crippen LogP contribution in [0.3, 0.4) is 0 Å². The van der Waals surface area contributed by atoms with Gasteiger partial charge in [0.25, 0.3) is 0 Å². The number of benzene rings is 2. The zero-order valence-corrected chi connectivity index (χ0v) is 39.3. The fourth-order valence-corrected chi connectivity index (χ4v) is 6.26. The number of ether oxygens (including phenoxy) is 12. The third-order valence-electron chi connectivity index (χ3n) is 9.58. The number of aliphatic imine (C=N–C) groups is 1. The molecule has 0 saturated carbocycles. The van der Waals surface area contributed by atoms with Crippen LogP contribution < -0.4 is 25.4 Å². The number of phenols is 2. The van der Waals surface area contributed by atoms with Crippen molar-refractivity contribution in [2.45, 2.75) is 6.17 Å². The molecule has 21 heteroatoms. The predicted octanol–water partition coefficient (Wildman–Crippen LogP) is 0.208. The highest BCUT2D eigenvalue weighted by Gasteiger charge is 2.28. The first kappa shape index (κ1) is 58.0. The summed E-state index contributed by atoms with van der Waals surface area (Å²) in [5, 5.41) is 49.4. The predicted molar refractivity (Wildman–Crippen MR) is 250 cm³/mol. The Morgan fingerprint density at radius 1 is 0.522 bits per heavy atom. The maximum Gasteiger partial charge on any atom is 0.166 e. The second-order valence-electron chi connectivity index (χ2n) is 14.6. The minimum atomic E-state index is -0.120. The Bertz CT molecular complexity index is 1490. The van der Waals surface area contributed by atoms with E-state index in [0.717, 1.165) is 44.8 Å². The molecule has 1 heterocycles. The molecule has 1 aliphatic rings. The zero-order chi connectivity index (χ0) is 47.5. The van der Waals surface area contributed by atoms with Crippen molar-refractivity contribution in [3.05, 3.63) is 47.5 Å². The number of aliphatic hydroxyl groups excluding tert-OH is 2. The topological polar surface area (TPSA) is 243 Å². The smallest absolute Gasteiger partial charge is 0.166 e. The summed E-state index contributed by atoms with van der Waals surface area (Å²) in [6.07, 6.45) is 1.53. The van der Waals surface area contributed by atoms with E-state index in [-0.39, 0.29) is 37.5 Å². The zero-order valence-electron chi connectivity index (χ0n) is 39.3. The van der Waals surface area contributed by atoms with Gasteiger partial charge in [-0.25, -0.2) is 0 Å². The summed E-state index contributed by atoms with van der Waals surface area (Å²) in [4.78, 5) is 6.76. The number of hydrogen-bond acceptors (Lipinski definition) is 21. The fourth-order valence-electron chi connectivity index (χ4n) is 6.26. The molecule has 0 amide bonds. The molecule has 0 spiro atoms. The third-order valence-corrected chi connectivity index (χ3v) is 9.58. The molecule has 3 rings (SSSR count). The number of phenolic OH excluding ortho intramolecular Hbond substituents is 2. The molecule has 0 bridgehead atoms. The normalized spacial score (nSPS) is 14.2. The van der Waals surface area contributed by atoms with Crippen LogP contribution in [0.1, 0.15) is 17.3 Å². The quantitative estimate of drug-likeness (QED) is 0.0346. The van der Waals surface area contributed by atoms with E-state index < -0.39 is 0 Å². The summed E-state index contributed by atoms with van der Waals surface area (Å²) >= 11 is 0. The second kappa shape index (κ2) is 41.6. The average molecular weight is 958 g/mol. The van der Waals surface area contributed by atoms with Crippen molar-refractivity contribution in [1.29, 1.82) is 0 Å². The lowest BCUT2D eigenvalue weighted by Crippen LogP contribution is -2.36. The van der Waals surface area contributed by atoms with Gasteiger partial charge in [-0.05, 0) is 18.2 Å². The van der Waals surface area contributed by atoms with Gasteiger partial charge in [-0.1, -0.05) is 18.2 Å². The Morgan fingerprint density at radius 3 is 1.42 bits per heavy atom. The molecule has 0 radical (unpaired) electrons. The largest absolute Gasteiger partial charge is 0.504 e. The van der Waals surface area contributed by atoms with Crippen molar-refractivity contribution >= 4 is 6.21 Å². The highest BCUT2D eigenvalue weighted by Crippen LogP contribution is 2.36. The summed E-state index contributed by atoms with van der Waals surface area (Å²) in [5.41, 5.74) is 1.36. The van der Waals surface area contributed by atoms with Crippen LogP contribution in [-0.4, -0.2) is 242 Å². The van der Waals surface area contributed by atoms with Crippen LogP contribution in [0.5, 0.6) is 23.0 Å². The van der Waals surface area contributed by atoms with Gasteiger partial charge in [-0.15, -0.1) is 0 Å². The summed E-state index contributed by atoms with van der Waals surface area (Å²) in [6.45, 7) is 15.3. The lowest BCUT2D eigenvalue weighted by atomic mass is 10.1. The van der Waals surface area contributed by atoms with E-state index in [1.807, 2.05) is 18.2 Å². The number of aliphatic hydroxyl groups is 2. The lowest BCUT2D eigenvalue weighted by molar-refractivity contribution is -0.0147. The van der Waals surface area contributed by atoms with E-state index in [0.29, 0.717) is 169 Å². The lowest BCUT2D eigenvalue weighted by Gasteiger charge is -2.25. The number of aromatic hydroxyl groups is 2. The summed E-state index contributed by atoms with van der Waals surface area (Å²) in [5.74, 6) is 0.958. The van der Waals surface area contributed by atoms with Crippen molar-refractivity contribution in [2.75, 3.05) is 211 Å². The summed E-state index contributed by atoms with van der Waals surface area (Å²) in [7, 11) is 0. The van der Waals surface area contributed by atoms with Gasteiger partial charge in [-0.2, -0.15) is 0 Å². The van der Waals surface area contributed by atoms with Crippen molar-refractivity contribution in [2.24, 2.45) is 4.99 Å². The molecule has 21 nitrogen and oxygen atoms in total. The molecular formula is C46H79N5O16. The van der Waals surface area contributed by atoms with Gasteiger partial charge in [0.1, 0.15) is 13.2 Å². The SMILES string of the molecule is OCCOCCOCCOCCOCCOCCOc1cccc(C=NCCNCCNCCN2CCNC2c2cccc(OCCOCCOCCOCCOCCOCCO)c2O)c1O. The fraction of sp³-hybridized carbons (Fsp3) is 0.717. The standard InChI is InChI=1S/C46H79N5O16/c52-15-17-56-19-21-58-23-25-60-27-29-62-31-33-64-35-37-66-42-5-1-3-40(44(42)54)39-49-10-9-47-7-8-48-11-13-51-14-12-50-46(51)41-4-2-6-43(45(41)55)67-38-36-65-34-32-63-30-28-61-26-24-59-22-20-57-18-16-53/h1-6,39,46-48,50,52-55H,7-38H2. The summed E-state index contributed by atoms with van der Waals surface area (Å²) in [6, 6.07) is 10.9. The number of nitrogens with zero attached hydrogens (tertiary/aromatic N) is 2. The average Bonchev–Trinajstić information content (AvgIpc) is 3.81. The van der Waals surface area contributed by atoms with E-state index in [4.69, 9.17) is 67.1 Å². The van der Waals surface area contributed by atoms with E-state index in [1.165, 1.54) is 0 Å². The van der Waals surface area contributed by atoms with Crippen LogP contribution in [0, 0.1) is 0 Å². The van der Waals surface area contributed by atoms with Crippen LogP contribution in [0.25, 0.3) is 0 Å². The van der Waals surface area contributed by atoms with Crippen LogP contribution in [0.4, 0.5) is 0 Å². The van der Waals surface area contributed by atoms with Gasteiger partial charge in [0.15, 0.2) is 23.0 Å². The Labute approximate surface area is 396 Å². The van der Waals surface area contributed by atoms with Crippen molar-refractivity contribution in [3.8, 4) is 23.0 Å². The first-order valence-corrected chi connectivity index (χ1v) is 23.4. The van der Waals surface area contributed by atoms with E-state index in [2.05, 4.69) is 25.8 Å². The molecule has 1 saturated heterocycles. The molecule has 384 valence electrons. The molecule has 2 aromatic rings. The molecule has 7 N–H and O–H groups in total. The van der Waals surface area contributed by atoms with Gasteiger partial charge in [-0.3, -0.25) is 15.2 Å². The Kier molecular flexibility index (Phi) is 36.0. The maximum atomic E-state index is 11.1. The van der Waals surface area contributed by atoms with Crippen LogP contribution in [0.15, 0.2) is 41.4 Å². The molecule has 1 unspecified atom stereocenters. The molecule has 2 aromatic carbocycles. The Hall–Kier alpha value is -3.33. The first-order valence-electron chi connectivity index (χ1n) is 23.4. The maximum absolute atomic E-state index is 11.1. The minimum Gasteiger partial charge on any atom is -0.504 e. The Morgan fingerprint density at radius 2 is 0.940 bits per heavy atom. The van der Waals surface area contributed by atoms with Gasteiger partial charge in [0.2, 0.25) is 0 Å². The second-order valence-corrected chi connectivity index (χ2v) is 14.6. The Balaban J connectivity index is 1.14. The van der Waals surface area contributed by atoms with E-state index in [9.17, 15) is 10.2 Å². The number of nitrogens with one attached hydrogen (secondary N) is 3. The third kappa shape index (κ3) is 28.7. The molecule has 1 aliphatic heterocycles. The van der Waals surface area contributed by atoms with Crippen LogP contribution in [-0.2, 0) is 47.4 Å². The number of rotatable bonds is 47. The molecule has 67 heavy (non-hydrogen) atoms. The van der Waals surface area contributed by atoms with Crippen molar-refractivity contribution in [3.63, 3.8) is 0 Å². The summed E-state index contributed by atoms with van der Waals surface area (Å²) < 4.78 is 65.6. The van der Waals surface area contributed by atoms with Crippen LogP contribution >= 0.6 is 0 Å².